The van der Waals surface area contributed by atoms with Crippen molar-refractivity contribution in [3.8, 4) is 0 Å². The van der Waals surface area contributed by atoms with E-state index in [9.17, 15) is 96.4 Å². The van der Waals surface area contributed by atoms with Gasteiger partial charge in [-0.15, -0.1) is 0 Å². The van der Waals surface area contributed by atoms with Crippen LogP contribution in [-0.4, -0.2) is 75.5 Å². The van der Waals surface area contributed by atoms with Crippen LogP contribution in [0.4, 0.5) is 92.2 Å². The number of aliphatic hydroxyl groups is 1. The van der Waals surface area contributed by atoms with Crippen LogP contribution in [0.25, 0.3) is 5.83 Å². The summed E-state index contributed by atoms with van der Waals surface area (Å²) in [5.74, 6) is -74.8. The van der Waals surface area contributed by atoms with Crippen molar-refractivity contribution >= 4 is 25.7 Å². The van der Waals surface area contributed by atoms with Crippen molar-refractivity contribution in [1.29, 1.82) is 0 Å². The van der Waals surface area contributed by atoms with Crippen molar-refractivity contribution in [2.75, 3.05) is 20.2 Å². The Morgan fingerprint density at radius 2 is 1.05 bits per heavy atom. The van der Waals surface area contributed by atoms with Gasteiger partial charge in [0.1, 0.15) is 13.6 Å². The van der Waals surface area contributed by atoms with Crippen molar-refractivity contribution < 1.29 is 102 Å². The molecule has 1 unspecified atom stereocenters. The molecule has 0 bridgehead atoms. The Bertz CT molecular complexity index is 1420. The fraction of sp³-hybridized carbons (Fsp3) is 0.556. The quantitative estimate of drug-likeness (QED) is 0.149. The first-order valence-electron chi connectivity index (χ1n) is 10.0. The van der Waals surface area contributed by atoms with E-state index in [1.807, 2.05) is 0 Å². The molecule has 1 rings (SSSR count). The summed E-state index contributed by atoms with van der Waals surface area (Å²) in [6, 6.07) is 0. The summed E-state index contributed by atoms with van der Waals surface area (Å²) < 4.78 is 298. The summed E-state index contributed by atoms with van der Waals surface area (Å²) in [5.41, 5.74) is -3.34. The lowest BCUT2D eigenvalue weighted by atomic mass is 9.90. The Morgan fingerprint density at radius 1 is 0.682 bits per heavy atom. The van der Waals surface area contributed by atoms with E-state index in [4.69, 9.17) is 5.11 Å². The maximum atomic E-state index is 14.7. The number of hydrogen-bond acceptors (Lipinski definition) is 3. The highest BCUT2D eigenvalue weighted by atomic mass is 32.8. The molecule has 0 radical (unpaired) electrons. The van der Waals surface area contributed by atoms with Gasteiger partial charge in [-0.2, -0.15) is 65.9 Å². The fourth-order valence-corrected chi connectivity index (χ4v) is 4.90. The molecule has 0 aliphatic rings. The number of rotatable bonds is 11. The van der Waals surface area contributed by atoms with E-state index in [0.29, 0.717) is 7.05 Å². The molecular weight excluding hydrogens is 725 g/mol. The summed E-state index contributed by atoms with van der Waals surface area (Å²) in [5, 5.41) is 8.79. The van der Waals surface area contributed by atoms with Gasteiger partial charge in [0, 0.05) is 24.8 Å². The Morgan fingerprint density at radius 3 is 1.43 bits per heavy atom. The minimum absolute atomic E-state index is 0.128. The number of alkyl halides is 15. The molecule has 0 aliphatic carbocycles. The summed E-state index contributed by atoms with van der Waals surface area (Å²) in [6.45, 7) is -2.33. The fourth-order valence-electron chi connectivity index (χ4n) is 2.82. The smallest absolute Gasteiger partial charge is 0.395 e. The standard InChI is InChI=1S/C18H8F21NO2S2/c1-40(2-3-41)44(42,43)10-4(5(19)7(21)8(22)9(10)23)6(20)11(24)12(25,26)13(27,28)14(29,30)15(31,32)16(33,34)17(35,36)18(37,38)39/h41H,2-3H2,1H3. The normalized spacial score (nSPS) is 16.7. The molecule has 0 amide bonds. The maximum Gasteiger partial charge on any atom is 0.460 e. The number of allylic oxidation sites excluding steroid dienone is 1. The molecule has 1 aromatic carbocycles. The first-order chi connectivity index (χ1) is 19.2. The average molecular weight is 733 g/mol. The number of halogens is 21. The van der Waals surface area contributed by atoms with Gasteiger partial charge in [0.05, 0.1) is 12.2 Å². The molecule has 0 spiro atoms. The summed E-state index contributed by atoms with van der Waals surface area (Å²) in [6.07, 6.45) is -7.98. The summed E-state index contributed by atoms with van der Waals surface area (Å²) >= 11 is 4.16. The SMILES string of the molecule is CN(CCO)S(=O)(=S)c1c(F)c(F)c(F)c(F)c1C(F)=C(F)C(F)(F)C(F)(F)C(F)(F)C(F)(F)C(F)(F)C(F)(F)C(F)(F)F. The Hall–Kier alpha value is -2.22. The highest BCUT2D eigenvalue weighted by Gasteiger charge is 2.93. The first-order valence-corrected chi connectivity index (χ1v) is 12.5. The summed E-state index contributed by atoms with van der Waals surface area (Å²) in [7, 11) is -5.05. The molecular formula is C18H8F21NO2S2. The number of nitrogens with zero attached hydrogens (tertiary/aromatic N) is 1. The molecule has 256 valence electrons. The van der Waals surface area contributed by atoms with Crippen molar-refractivity contribution in [2.45, 2.75) is 46.6 Å². The predicted molar refractivity (Wildman–Crippen MR) is 105 cm³/mol. The predicted octanol–water partition coefficient (Wildman–Crippen LogP) is 7.17. The van der Waals surface area contributed by atoms with Crippen LogP contribution in [-0.2, 0) is 19.9 Å². The number of hydrogen-bond donors (Lipinski definition) is 1. The van der Waals surface area contributed by atoms with E-state index in [0.717, 1.165) is 0 Å². The van der Waals surface area contributed by atoms with E-state index in [2.05, 4.69) is 11.2 Å². The largest absolute Gasteiger partial charge is 0.460 e. The first kappa shape index (κ1) is 39.8. The third-order valence-corrected chi connectivity index (χ3v) is 8.49. The molecule has 0 aliphatic heterocycles. The highest BCUT2D eigenvalue weighted by Crippen LogP contribution is 2.63. The van der Waals surface area contributed by atoms with Crippen molar-refractivity contribution in [2.24, 2.45) is 0 Å². The molecule has 0 saturated carbocycles. The van der Waals surface area contributed by atoms with Crippen LogP contribution in [0.15, 0.2) is 10.7 Å². The van der Waals surface area contributed by atoms with E-state index < -0.39 is 109 Å². The Balaban J connectivity index is 4.20. The van der Waals surface area contributed by atoms with Crippen LogP contribution in [0.1, 0.15) is 5.56 Å². The Labute approximate surface area is 233 Å². The minimum atomic E-state index is -8.95. The second-order valence-electron chi connectivity index (χ2n) is 8.08. The number of aliphatic hydroxyl groups excluding tert-OH is 1. The van der Waals surface area contributed by atoms with E-state index >= 15 is 0 Å². The third-order valence-electron chi connectivity index (χ3n) is 5.32. The molecule has 1 N–H and O–H groups in total. The van der Waals surface area contributed by atoms with E-state index in [-0.39, 0.29) is 4.31 Å². The van der Waals surface area contributed by atoms with Crippen molar-refractivity contribution in [3.05, 3.63) is 34.7 Å². The molecule has 3 nitrogen and oxygen atoms in total. The van der Waals surface area contributed by atoms with Crippen LogP contribution >= 0.6 is 0 Å². The minimum Gasteiger partial charge on any atom is -0.395 e. The monoisotopic (exact) mass is 733 g/mol. The summed E-state index contributed by atoms with van der Waals surface area (Å²) in [4.78, 5) is -2.79. The van der Waals surface area contributed by atoms with Crippen LogP contribution in [0.5, 0.6) is 0 Å². The molecule has 0 aromatic heterocycles. The second kappa shape index (κ2) is 11.5. The van der Waals surface area contributed by atoms with Gasteiger partial charge in [-0.25, -0.2) is 34.9 Å². The van der Waals surface area contributed by atoms with Gasteiger partial charge >= 0.3 is 41.7 Å². The third kappa shape index (κ3) is 5.45. The van der Waals surface area contributed by atoms with Gasteiger partial charge in [-0.05, 0) is 0 Å². The van der Waals surface area contributed by atoms with Gasteiger partial charge in [-0.1, -0.05) is 0 Å². The molecule has 26 heteroatoms. The zero-order valence-electron chi connectivity index (χ0n) is 20.0. The zero-order chi connectivity index (χ0) is 35.6. The lowest BCUT2D eigenvalue weighted by Gasteiger charge is -2.41. The second-order valence-corrected chi connectivity index (χ2v) is 11.4. The van der Waals surface area contributed by atoms with Crippen molar-refractivity contribution in [1.82, 2.24) is 4.31 Å². The molecule has 1 atom stereocenters. The van der Waals surface area contributed by atoms with E-state index in [1.165, 1.54) is 0 Å². The van der Waals surface area contributed by atoms with E-state index in [1.54, 1.807) is 0 Å². The van der Waals surface area contributed by atoms with Gasteiger partial charge in [-0.3, -0.25) is 0 Å². The topological polar surface area (TPSA) is 40.5 Å². The van der Waals surface area contributed by atoms with Gasteiger partial charge in [0.25, 0.3) is 0 Å². The molecule has 44 heavy (non-hydrogen) atoms. The highest BCUT2D eigenvalue weighted by molar-refractivity contribution is 8.31. The Kier molecular flexibility index (Phi) is 10.4. The zero-order valence-corrected chi connectivity index (χ0v) is 21.6. The molecule has 0 saturated heterocycles. The molecule has 1 aromatic rings. The van der Waals surface area contributed by atoms with Gasteiger partial charge in [0.15, 0.2) is 29.1 Å². The maximum absolute atomic E-state index is 14.7. The molecule has 0 fully saturated rings. The van der Waals surface area contributed by atoms with Crippen LogP contribution in [0.2, 0.25) is 0 Å². The average Bonchev–Trinajstić information content (AvgIpc) is 2.87. The molecule has 0 heterocycles. The lowest BCUT2D eigenvalue weighted by molar-refractivity contribution is -0.450. The number of benzene rings is 1. The van der Waals surface area contributed by atoms with Crippen LogP contribution < -0.4 is 0 Å². The van der Waals surface area contributed by atoms with Crippen molar-refractivity contribution in [3.63, 3.8) is 0 Å². The van der Waals surface area contributed by atoms with Gasteiger partial charge in [0.2, 0.25) is 5.83 Å². The van der Waals surface area contributed by atoms with Crippen LogP contribution in [0.3, 0.4) is 0 Å². The lowest BCUT2D eigenvalue weighted by Crippen LogP contribution is -2.72. The van der Waals surface area contributed by atoms with Gasteiger partial charge < -0.3 is 5.11 Å². The van der Waals surface area contributed by atoms with Crippen LogP contribution in [0, 0.1) is 23.3 Å². The number of likely N-dealkylation sites (N-methyl/N-ethyl adjacent to an activating group) is 1.